The molecule has 0 saturated carbocycles. The van der Waals surface area contributed by atoms with Gasteiger partial charge in [-0.05, 0) is 33.1 Å². The minimum atomic E-state index is -0.546. The molecule has 0 aromatic carbocycles. The van der Waals surface area contributed by atoms with Gasteiger partial charge in [0.2, 0.25) is 5.91 Å². The van der Waals surface area contributed by atoms with E-state index in [2.05, 4.69) is 10.5 Å². The molecule has 1 heterocycles. The van der Waals surface area contributed by atoms with Crippen molar-refractivity contribution in [3.63, 3.8) is 0 Å². The molecule has 19 heavy (non-hydrogen) atoms. The largest absolute Gasteiger partial charge is 0.394 e. The molecule has 5 nitrogen and oxygen atoms in total. The SMILES string of the molecule is CC[C@](C)(CO)NC(=O)C[C@@H](C)c1c(C)noc1C. The predicted octanol–water partition coefficient (Wildman–Crippen LogP) is 2.06. The van der Waals surface area contributed by atoms with Gasteiger partial charge in [-0.2, -0.15) is 0 Å². The fourth-order valence-corrected chi connectivity index (χ4v) is 2.20. The van der Waals surface area contributed by atoms with E-state index >= 15 is 0 Å². The summed E-state index contributed by atoms with van der Waals surface area (Å²) in [6.45, 7) is 9.43. The van der Waals surface area contributed by atoms with Gasteiger partial charge in [-0.25, -0.2) is 0 Å². The Kier molecular flexibility index (Phi) is 5.11. The molecule has 0 bridgehead atoms. The minimum Gasteiger partial charge on any atom is -0.394 e. The monoisotopic (exact) mass is 268 g/mol. The number of hydrogen-bond donors (Lipinski definition) is 2. The van der Waals surface area contributed by atoms with E-state index in [1.807, 2.05) is 34.6 Å². The van der Waals surface area contributed by atoms with E-state index in [1.165, 1.54) is 0 Å². The van der Waals surface area contributed by atoms with E-state index in [0.717, 1.165) is 17.0 Å². The first kappa shape index (κ1) is 15.7. The number of carbonyl (C=O) groups excluding carboxylic acids is 1. The predicted molar refractivity (Wildman–Crippen MR) is 72.9 cm³/mol. The van der Waals surface area contributed by atoms with Gasteiger partial charge in [-0.1, -0.05) is 19.0 Å². The number of aliphatic hydroxyl groups excluding tert-OH is 1. The van der Waals surface area contributed by atoms with Crippen LogP contribution < -0.4 is 5.32 Å². The molecule has 0 saturated heterocycles. The molecule has 1 aromatic rings. The lowest BCUT2D eigenvalue weighted by atomic mass is 9.94. The zero-order valence-electron chi connectivity index (χ0n) is 12.4. The summed E-state index contributed by atoms with van der Waals surface area (Å²) in [4.78, 5) is 12.0. The molecule has 108 valence electrons. The van der Waals surface area contributed by atoms with E-state index in [9.17, 15) is 9.90 Å². The van der Waals surface area contributed by atoms with Crippen LogP contribution in [0, 0.1) is 13.8 Å². The topological polar surface area (TPSA) is 75.4 Å². The van der Waals surface area contributed by atoms with Crippen molar-refractivity contribution in [2.24, 2.45) is 0 Å². The van der Waals surface area contributed by atoms with Crippen molar-refractivity contribution >= 4 is 5.91 Å². The summed E-state index contributed by atoms with van der Waals surface area (Å²) in [5, 5.41) is 16.1. The lowest BCUT2D eigenvalue weighted by molar-refractivity contribution is -0.123. The normalized spacial score (nSPS) is 15.9. The molecule has 0 fully saturated rings. The maximum absolute atomic E-state index is 12.0. The molecule has 1 amide bonds. The fourth-order valence-electron chi connectivity index (χ4n) is 2.20. The van der Waals surface area contributed by atoms with Gasteiger partial charge in [-0.15, -0.1) is 0 Å². The van der Waals surface area contributed by atoms with Crippen LogP contribution in [-0.2, 0) is 4.79 Å². The highest BCUT2D eigenvalue weighted by atomic mass is 16.5. The smallest absolute Gasteiger partial charge is 0.221 e. The van der Waals surface area contributed by atoms with E-state index in [0.29, 0.717) is 12.8 Å². The highest BCUT2D eigenvalue weighted by Gasteiger charge is 2.25. The van der Waals surface area contributed by atoms with Gasteiger partial charge >= 0.3 is 0 Å². The van der Waals surface area contributed by atoms with Gasteiger partial charge in [0.05, 0.1) is 17.8 Å². The first-order valence-electron chi connectivity index (χ1n) is 6.67. The fraction of sp³-hybridized carbons (Fsp3) is 0.714. The second kappa shape index (κ2) is 6.19. The Morgan fingerprint density at radius 2 is 2.16 bits per heavy atom. The Hall–Kier alpha value is -1.36. The van der Waals surface area contributed by atoms with Crippen molar-refractivity contribution in [3.8, 4) is 0 Å². The number of aryl methyl sites for hydroxylation is 2. The first-order valence-corrected chi connectivity index (χ1v) is 6.67. The number of hydrogen-bond acceptors (Lipinski definition) is 4. The van der Waals surface area contributed by atoms with Crippen molar-refractivity contribution in [3.05, 3.63) is 17.0 Å². The van der Waals surface area contributed by atoms with E-state index in [-0.39, 0.29) is 18.4 Å². The van der Waals surface area contributed by atoms with E-state index in [4.69, 9.17) is 4.52 Å². The molecule has 1 aromatic heterocycles. The van der Waals surface area contributed by atoms with Crippen molar-refractivity contribution in [2.75, 3.05) is 6.61 Å². The Labute approximate surface area is 114 Å². The van der Waals surface area contributed by atoms with E-state index in [1.54, 1.807) is 0 Å². The van der Waals surface area contributed by atoms with Crippen molar-refractivity contribution < 1.29 is 14.4 Å². The number of nitrogens with zero attached hydrogens (tertiary/aromatic N) is 1. The summed E-state index contributed by atoms with van der Waals surface area (Å²) < 4.78 is 5.12. The summed E-state index contributed by atoms with van der Waals surface area (Å²) in [6, 6.07) is 0. The Bertz CT molecular complexity index is 416. The molecule has 0 aliphatic rings. The average Bonchev–Trinajstić information content (AvgIpc) is 2.68. The van der Waals surface area contributed by atoms with Crippen LogP contribution in [0.3, 0.4) is 0 Å². The Morgan fingerprint density at radius 1 is 1.53 bits per heavy atom. The number of amides is 1. The van der Waals surface area contributed by atoms with Gasteiger partial charge in [0.25, 0.3) is 0 Å². The van der Waals surface area contributed by atoms with Crippen LogP contribution >= 0.6 is 0 Å². The molecule has 0 aliphatic heterocycles. The molecular weight excluding hydrogens is 244 g/mol. The summed E-state index contributed by atoms with van der Waals surface area (Å²) in [6.07, 6.45) is 1.05. The van der Waals surface area contributed by atoms with Crippen LogP contribution in [0.1, 0.15) is 56.5 Å². The molecular formula is C14H24N2O3. The van der Waals surface area contributed by atoms with Gasteiger partial charge < -0.3 is 14.9 Å². The van der Waals surface area contributed by atoms with Crippen molar-refractivity contribution in [1.29, 1.82) is 0 Å². The number of rotatable bonds is 6. The summed E-state index contributed by atoms with van der Waals surface area (Å²) in [5.41, 5.74) is 1.28. The zero-order chi connectivity index (χ0) is 14.6. The van der Waals surface area contributed by atoms with Crippen LogP contribution in [0.5, 0.6) is 0 Å². The second-order valence-electron chi connectivity index (χ2n) is 5.46. The van der Waals surface area contributed by atoms with Crippen LogP contribution in [-0.4, -0.2) is 28.3 Å². The summed E-state index contributed by atoms with van der Waals surface area (Å²) >= 11 is 0. The number of aromatic nitrogens is 1. The van der Waals surface area contributed by atoms with Gasteiger partial charge in [0.15, 0.2) is 0 Å². The molecule has 0 aliphatic carbocycles. The van der Waals surface area contributed by atoms with E-state index < -0.39 is 5.54 Å². The molecule has 2 atom stereocenters. The maximum atomic E-state index is 12.0. The van der Waals surface area contributed by atoms with Crippen molar-refractivity contribution in [1.82, 2.24) is 10.5 Å². The molecule has 5 heteroatoms. The highest BCUT2D eigenvalue weighted by Crippen LogP contribution is 2.26. The van der Waals surface area contributed by atoms with Gasteiger partial charge in [-0.3, -0.25) is 4.79 Å². The Morgan fingerprint density at radius 3 is 2.58 bits per heavy atom. The third kappa shape index (κ3) is 3.80. The van der Waals surface area contributed by atoms with Crippen molar-refractivity contribution in [2.45, 2.75) is 58.9 Å². The molecule has 0 spiro atoms. The lowest BCUT2D eigenvalue weighted by Crippen LogP contribution is -2.48. The molecule has 0 unspecified atom stereocenters. The summed E-state index contributed by atoms with van der Waals surface area (Å²) in [7, 11) is 0. The zero-order valence-corrected chi connectivity index (χ0v) is 12.4. The number of carbonyl (C=O) groups is 1. The highest BCUT2D eigenvalue weighted by molar-refractivity contribution is 5.77. The number of nitrogens with one attached hydrogen (secondary N) is 1. The van der Waals surface area contributed by atoms with Crippen LogP contribution in [0.4, 0.5) is 0 Å². The summed E-state index contributed by atoms with van der Waals surface area (Å²) in [5.74, 6) is 0.746. The average molecular weight is 268 g/mol. The first-order chi connectivity index (χ1) is 8.83. The standard InChI is InChI=1S/C14H24N2O3/c1-6-14(5,8-17)15-12(18)7-9(2)13-10(3)16-19-11(13)4/h9,17H,6-8H2,1-5H3,(H,15,18)/t9-,14-/m1/s1. The third-order valence-corrected chi connectivity index (χ3v) is 3.64. The molecule has 2 N–H and O–H groups in total. The third-order valence-electron chi connectivity index (χ3n) is 3.64. The second-order valence-corrected chi connectivity index (χ2v) is 5.46. The van der Waals surface area contributed by atoms with Gasteiger partial charge in [0, 0.05) is 12.0 Å². The van der Waals surface area contributed by atoms with Crippen LogP contribution in [0.25, 0.3) is 0 Å². The lowest BCUT2D eigenvalue weighted by Gasteiger charge is -2.27. The molecule has 0 radical (unpaired) electrons. The van der Waals surface area contributed by atoms with Gasteiger partial charge in [0.1, 0.15) is 5.76 Å². The maximum Gasteiger partial charge on any atom is 0.221 e. The quantitative estimate of drug-likeness (QED) is 0.828. The number of aliphatic hydroxyl groups is 1. The molecule has 1 rings (SSSR count). The Balaban J connectivity index is 2.68. The van der Waals surface area contributed by atoms with Crippen LogP contribution in [0.2, 0.25) is 0 Å². The van der Waals surface area contributed by atoms with Crippen LogP contribution in [0.15, 0.2) is 4.52 Å². The minimum absolute atomic E-state index is 0.0473.